The third-order valence-electron chi connectivity index (χ3n) is 3.44. The van der Waals surface area contributed by atoms with Gasteiger partial charge in [0.1, 0.15) is 11.6 Å². The van der Waals surface area contributed by atoms with Gasteiger partial charge in [-0.1, -0.05) is 0 Å². The molecule has 98 valence electrons. The lowest BCUT2D eigenvalue weighted by Crippen LogP contribution is -2.11. The van der Waals surface area contributed by atoms with E-state index in [4.69, 9.17) is 0 Å². The van der Waals surface area contributed by atoms with Crippen LogP contribution in [0.25, 0.3) is 11.3 Å². The molecule has 1 aromatic heterocycles. The van der Waals surface area contributed by atoms with E-state index in [0.29, 0.717) is 5.92 Å². The van der Waals surface area contributed by atoms with E-state index in [-0.39, 0.29) is 5.82 Å². The first-order valence-electron chi connectivity index (χ1n) is 6.54. The van der Waals surface area contributed by atoms with Crippen LogP contribution in [0.3, 0.4) is 0 Å². The largest absolute Gasteiger partial charge is 0.316 e. The molecular weight excluding hydrogens is 241 g/mol. The highest BCUT2D eigenvalue weighted by molar-refractivity contribution is 5.59. The molecular formula is C15H16FN3. The van der Waals surface area contributed by atoms with Crippen LogP contribution in [-0.4, -0.2) is 23.1 Å². The van der Waals surface area contributed by atoms with Crippen LogP contribution in [-0.2, 0) is 0 Å². The first-order valence-corrected chi connectivity index (χ1v) is 6.54. The van der Waals surface area contributed by atoms with Crippen LogP contribution in [0.4, 0.5) is 4.39 Å². The Kier molecular flexibility index (Phi) is 3.25. The minimum Gasteiger partial charge on any atom is -0.316 e. The molecule has 3 nitrogen and oxygen atoms in total. The van der Waals surface area contributed by atoms with E-state index in [9.17, 15) is 4.39 Å². The number of aromatic nitrogens is 2. The average molecular weight is 257 g/mol. The van der Waals surface area contributed by atoms with Crippen molar-refractivity contribution in [1.82, 2.24) is 15.3 Å². The van der Waals surface area contributed by atoms with Gasteiger partial charge in [0.25, 0.3) is 0 Å². The average Bonchev–Trinajstić information content (AvgIpc) is 2.93. The van der Waals surface area contributed by atoms with Gasteiger partial charge in [-0.25, -0.2) is 14.4 Å². The zero-order valence-electron chi connectivity index (χ0n) is 10.9. The Hall–Kier alpha value is -1.81. The Morgan fingerprint density at radius 3 is 2.68 bits per heavy atom. The number of aryl methyl sites for hydroxylation is 1. The summed E-state index contributed by atoms with van der Waals surface area (Å²) in [6, 6.07) is 8.38. The van der Waals surface area contributed by atoms with Crippen molar-refractivity contribution in [2.45, 2.75) is 19.3 Å². The van der Waals surface area contributed by atoms with Gasteiger partial charge in [-0.3, -0.25) is 0 Å². The zero-order chi connectivity index (χ0) is 13.2. The van der Waals surface area contributed by atoms with Gasteiger partial charge in [0, 0.05) is 23.7 Å². The number of nitrogens with one attached hydrogen (secondary N) is 1. The Bertz CT molecular complexity index is 574. The van der Waals surface area contributed by atoms with Crippen molar-refractivity contribution >= 4 is 0 Å². The monoisotopic (exact) mass is 257 g/mol. The van der Waals surface area contributed by atoms with Gasteiger partial charge < -0.3 is 5.32 Å². The summed E-state index contributed by atoms with van der Waals surface area (Å²) in [6.45, 7) is 3.93. The third kappa shape index (κ3) is 2.63. The molecule has 1 fully saturated rings. The molecule has 1 aliphatic rings. The Balaban J connectivity index is 1.99. The van der Waals surface area contributed by atoms with Gasteiger partial charge in [0.2, 0.25) is 0 Å². The maximum atomic E-state index is 13.0. The minimum atomic E-state index is -0.227. The highest BCUT2D eigenvalue weighted by Gasteiger charge is 2.20. The first kappa shape index (κ1) is 12.2. The molecule has 19 heavy (non-hydrogen) atoms. The molecule has 3 rings (SSSR count). The fraction of sp³-hybridized carbons (Fsp3) is 0.333. The molecule has 1 unspecified atom stereocenters. The number of nitrogens with zero attached hydrogens (tertiary/aromatic N) is 2. The molecule has 0 amide bonds. The number of hydrogen-bond donors (Lipinski definition) is 1. The summed E-state index contributed by atoms with van der Waals surface area (Å²) in [5.74, 6) is 1.05. The minimum absolute atomic E-state index is 0.227. The summed E-state index contributed by atoms with van der Waals surface area (Å²) in [5.41, 5.74) is 2.75. The summed E-state index contributed by atoms with van der Waals surface area (Å²) in [7, 11) is 0. The summed E-state index contributed by atoms with van der Waals surface area (Å²) >= 11 is 0. The van der Waals surface area contributed by atoms with Crippen molar-refractivity contribution in [3.05, 3.63) is 47.7 Å². The lowest BCUT2D eigenvalue weighted by Gasteiger charge is -2.10. The second-order valence-corrected chi connectivity index (χ2v) is 4.95. The summed E-state index contributed by atoms with van der Waals surface area (Å²) in [5, 5.41) is 3.33. The van der Waals surface area contributed by atoms with Crippen LogP contribution in [0.5, 0.6) is 0 Å². The second kappa shape index (κ2) is 5.05. The predicted molar refractivity (Wildman–Crippen MR) is 72.4 cm³/mol. The molecule has 2 heterocycles. The maximum absolute atomic E-state index is 13.0. The van der Waals surface area contributed by atoms with Crippen LogP contribution in [0.2, 0.25) is 0 Å². The third-order valence-corrected chi connectivity index (χ3v) is 3.44. The van der Waals surface area contributed by atoms with Gasteiger partial charge in [-0.15, -0.1) is 0 Å². The lowest BCUT2D eigenvalue weighted by molar-refractivity contribution is 0.628. The van der Waals surface area contributed by atoms with E-state index in [1.54, 1.807) is 12.1 Å². The lowest BCUT2D eigenvalue weighted by atomic mass is 10.1. The molecule has 2 aromatic rings. The number of rotatable bonds is 2. The van der Waals surface area contributed by atoms with E-state index in [2.05, 4.69) is 15.3 Å². The van der Waals surface area contributed by atoms with Crippen molar-refractivity contribution in [2.75, 3.05) is 13.1 Å². The van der Waals surface area contributed by atoms with Gasteiger partial charge in [0.15, 0.2) is 0 Å². The Morgan fingerprint density at radius 1 is 1.21 bits per heavy atom. The maximum Gasteiger partial charge on any atom is 0.133 e. The molecule has 0 aliphatic carbocycles. The zero-order valence-corrected chi connectivity index (χ0v) is 10.9. The van der Waals surface area contributed by atoms with Crippen LogP contribution < -0.4 is 5.32 Å². The van der Waals surface area contributed by atoms with E-state index in [1.165, 1.54) is 12.1 Å². The van der Waals surface area contributed by atoms with Crippen LogP contribution >= 0.6 is 0 Å². The SMILES string of the molecule is Cc1cc(-c2ccc(F)cc2)nc(C2CCNC2)n1. The first-order chi connectivity index (χ1) is 9.22. The standard InChI is InChI=1S/C15H16FN3/c1-10-8-14(11-2-4-13(16)5-3-11)19-15(18-10)12-6-7-17-9-12/h2-5,8,12,17H,6-7,9H2,1H3. The van der Waals surface area contributed by atoms with E-state index in [0.717, 1.165) is 42.3 Å². The quantitative estimate of drug-likeness (QED) is 0.898. The van der Waals surface area contributed by atoms with Crippen molar-refractivity contribution in [3.8, 4) is 11.3 Å². The van der Waals surface area contributed by atoms with E-state index in [1.807, 2.05) is 13.0 Å². The Labute approximate surface area is 111 Å². The number of hydrogen-bond acceptors (Lipinski definition) is 3. The van der Waals surface area contributed by atoms with Crippen molar-refractivity contribution in [3.63, 3.8) is 0 Å². The van der Waals surface area contributed by atoms with Crippen LogP contribution in [0, 0.1) is 12.7 Å². The molecule has 0 spiro atoms. The van der Waals surface area contributed by atoms with Crippen LogP contribution in [0.15, 0.2) is 30.3 Å². The fourth-order valence-electron chi connectivity index (χ4n) is 2.42. The molecule has 0 radical (unpaired) electrons. The van der Waals surface area contributed by atoms with Crippen molar-refractivity contribution in [1.29, 1.82) is 0 Å². The topological polar surface area (TPSA) is 37.8 Å². The smallest absolute Gasteiger partial charge is 0.133 e. The van der Waals surface area contributed by atoms with E-state index >= 15 is 0 Å². The molecule has 1 N–H and O–H groups in total. The fourth-order valence-corrected chi connectivity index (χ4v) is 2.42. The molecule has 4 heteroatoms. The summed E-state index contributed by atoms with van der Waals surface area (Å²) in [4.78, 5) is 9.18. The number of halogens is 1. The van der Waals surface area contributed by atoms with E-state index < -0.39 is 0 Å². The molecule has 1 atom stereocenters. The highest BCUT2D eigenvalue weighted by atomic mass is 19.1. The van der Waals surface area contributed by atoms with Gasteiger partial charge >= 0.3 is 0 Å². The van der Waals surface area contributed by atoms with Crippen molar-refractivity contribution in [2.24, 2.45) is 0 Å². The summed E-state index contributed by atoms with van der Waals surface area (Å²) < 4.78 is 13.0. The molecule has 1 aromatic carbocycles. The molecule has 1 saturated heterocycles. The molecule has 0 saturated carbocycles. The second-order valence-electron chi connectivity index (χ2n) is 4.95. The predicted octanol–water partition coefficient (Wildman–Crippen LogP) is 2.67. The Morgan fingerprint density at radius 2 is 2.00 bits per heavy atom. The molecule has 0 bridgehead atoms. The van der Waals surface area contributed by atoms with Crippen molar-refractivity contribution < 1.29 is 4.39 Å². The van der Waals surface area contributed by atoms with Gasteiger partial charge in [-0.05, 0) is 50.2 Å². The normalized spacial score (nSPS) is 18.7. The number of benzene rings is 1. The highest BCUT2D eigenvalue weighted by Crippen LogP contribution is 2.23. The van der Waals surface area contributed by atoms with Gasteiger partial charge in [0.05, 0.1) is 5.69 Å². The molecule has 1 aliphatic heterocycles. The summed E-state index contributed by atoms with van der Waals surface area (Å²) in [6.07, 6.45) is 1.08. The van der Waals surface area contributed by atoms with Crippen LogP contribution in [0.1, 0.15) is 23.9 Å². The van der Waals surface area contributed by atoms with Gasteiger partial charge in [-0.2, -0.15) is 0 Å².